The number of likely N-dealkylation sites (tertiary alicyclic amines) is 1. The van der Waals surface area contributed by atoms with Crippen molar-refractivity contribution in [1.82, 2.24) is 4.90 Å². The first kappa shape index (κ1) is 27.6. The lowest BCUT2D eigenvalue weighted by atomic mass is 9.77. The Balaban J connectivity index is 1.62. The molecular formula is C30H30ClF2NO4S. The number of carbonyl (C=O) groups is 1. The van der Waals surface area contributed by atoms with E-state index in [0.29, 0.717) is 29.0 Å². The van der Waals surface area contributed by atoms with Crippen LogP contribution in [0.2, 0.25) is 5.02 Å². The average molecular weight is 574 g/mol. The van der Waals surface area contributed by atoms with Gasteiger partial charge in [-0.1, -0.05) is 35.9 Å². The van der Waals surface area contributed by atoms with Crippen LogP contribution in [0.3, 0.4) is 0 Å². The smallest absolute Gasteiger partial charge is 0.410 e. The summed E-state index contributed by atoms with van der Waals surface area (Å²) in [6, 6.07) is 14.2. The second-order valence-electron chi connectivity index (χ2n) is 11.2. The normalized spacial score (nSPS) is 20.9. The highest BCUT2D eigenvalue weighted by Gasteiger charge is 2.61. The number of carbonyl (C=O) groups excluding carboxylic acids is 1. The van der Waals surface area contributed by atoms with Crippen molar-refractivity contribution in [3.8, 4) is 0 Å². The van der Waals surface area contributed by atoms with Crippen LogP contribution < -0.4 is 0 Å². The molecule has 1 amide bonds. The fraction of sp³-hybridized carbons (Fsp3) is 0.367. The fourth-order valence-electron chi connectivity index (χ4n) is 5.96. The molecule has 1 saturated heterocycles. The number of aryl methyl sites for hydroxylation is 1. The highest BCUT2D eigenvalue weighted by atomic mass is 35.5. The summed E-state index contributed by atoms with van der Waals surface area (Å²) in [5, 5.41) is 0.326. The summed E-state index contributed by atoms with van der Waals surface area (Å²) in [5.74, 6) is -0.940. The molecule has 0 bridgehead atoms. The van der Waals surface area contributed by atoms with Crippen LogP contribution in [-0.4, -0.2) is 37.6 Å². The molecule has 1 aliphatic carbocycles. The second kappa shape index (κ2) is 9.89. The number of hydrogen-bond acceptors (Lipinski definition) is 4. The zero-order chi connectivity index (χ0) is 28.2. The Bertz CT molecular complexity index is 1520. The van der Waals surface area contributed by atoms with E-state index in [-0.39, 0.29) is 24.3 Å². The highest BCUT2D eigenvalue weighted by Crippen LogP contribution is 2.53. The van der Waals surface area contributed by atoms with Crippen molar-refractivity contribution in [2.75, 3.05) is 6.54 Å². The molecule has 0 radical (unpaired) electrons. The third-order valence-electron chi connectivity index (χ3n) is 7.63. The summed E-state index contributed by atoms with van der Waals surface area (Å²) in [7, 11) is -4.08. The summed E-state index contributed by atoms with van der Waals surface area (Å²) in [4.78, 5) is 14.7. The van der Waals surface area contributed by atoms with Crippen molar-refractivity contribution >= 4 is 27.5 Å². The number of amides is 1. The molecule has 39 heavy (non-hydrogen) atoms. The van der Waals surface area contributed by atoms with Gasteiger partial charge in [-0.3, -0.25) is 0 Å². The largest absolute Gasteiger partial charge is 0.444 e. The molecule has 0 aromatic heterocycles. The summed E-state index contributed by atoms with van der Waals surface area (Å²) >= 11 is 6.25. The van der Waals surface area contributed by atoms with Crippen LogP contribution in [0.25, 0.3) is 0 Å². The van der Waals surface area contributed by atoms with Gasteiger partial charge in [0.15, 0.2) is 9.84 Å². The van der Waals surface area contributed by atoms with Gasteiger partial charge >= 0.3 is 6.09 Å². The molecule has 5 nitrogen and oxygen atoms in total. The lowest BCUT2D eigenvalue weighted by Crippen LogP contribution is -2.52. The maximum Gasteiger partial charge on any atom is 0.410 e. The number of sulfone groups is 1. The molecule has 0 unspecified atom stereocenters. The minimum atomic E-state index is -4.08. The molecule has 0 spiro atoms. The zero-order valence-electron chi connectivity index (χ0n) is 22.0. The number of ether oxygens (including phenoxy) is 1. The molecule has 0 saturated carbocycles. The first-order chi connectivity index (χ1) is 18.3. The van der Waals surface area contributed by atoms with Gasteiger partial charge in [0.05, 0.1) is 10.9 Å². The van der Waals surface area contributed by atoms with Crippen LogP contribution in [-0.2, 0) is 32.2 Å². The van der Waals surface area contributed by atoms with Crippen LogP contribution in [0.15, 0.2) is 65.6 Å². The van der Waals surface area contributed by atoms with E-state index in [9.17, 15) is 22.0 Å². The van der Waals surface area contributed by atoms with E-state index >= 15 is 0 Å². The monoisotopic (exact) mass is 573 g/mol. The van der Waals surface area contributed by atoms with Crippen molar-refractivity contribution < 1.29 is 26.7 Å². The van der Waals surface area contributed by atoms with Gasteiger partial charge in [-0.2, -0.15) is 0 Å². The van der Waals surface area contributed by atoms with E-state index in [1.54, 1.807) is 45.0 Å². The molecule has 0 N–H and O–H groups in total. The Morgan fingerprint density at radius 2 is 1.82 bits per heavy atom. The number of rotatable bonds is 4. The molecule has 1 fully saturated rings. The van der Waals surface area contributed by atoms with Crippen LogP contribution in [0.5, 0.6) is 0 Å². The number of fused-ring (bicyclic) bond motifs is 3. The Kier molecular flexibility index (Phi) is 7.00. The number of halogens is 3. The number of nitrogens with zero attached hydrogens (tertiary/aromatic N) is 1. The van der Waals surface area contributed by atoms with Crippen molar-refractivity contribution in [1.29, 1.82) is 0 Å². The van der Waals surface area contributed by atoms with Crippen LogP contribution >= 0.6 is 11.6 Å². The van der Waals surface area contributed by atoms with E-state index in [4.69, 9.17) is 16.3 Å². The van der Waals surface area contributed by atoms with Gasteiger partial charge in [0.1, 0.15) is 22.0 Å². The number of benzene rings is 3. The molecule has 2 aliphatic rings. The Labute approximate surface area is 232 Å². The van der Waals surface area contributed by atoms with E-state index in [1.807, 2.05) is 6.07 Å². The van der Waals surface area contributed by atoms with E-state index in [0.717, 1.165) is 23.3 Å². The standard InChI is InChI=1S/C30H30ClF2NO4S/c1-29(2,3)38-28(35)34-16-15-30(39(36,37)22-11-9-21(32)10-12-22)24-13-7-19(17-20(24)8-14-27(30)34)18-23-25(31)5-4-6-26(23)33/h4-7,9-13,17,27H,8,14-16,18H2,1-3H3/t27-,30-/m1/s1. The van der Waals surface area contributed by atoms with Crippen LogP contribution in [0.1, 0.15) is 55.9 Å². The average Bonchev–Trinajstić information content (AvgIpc) is 3.27. The molecule has 5 rings (SSSR count). The first-order valence-electron chi connectivity index (χ1n) is 12.9. The lowest BCUT2D eigenvalue weighted by Gasteiger charge is -2.42. The quantitative estimate of drug-likeness (QED) is 0.321. The van der Waals surface area contributed by atoms with Crippen molar-refractivity contribution in [3.05, 3.63) is 99.6 Å². The lowest BCUT2D eigenvalue weighted by molar-refractivity contribution is 0.0202. The molecule has 9 heteroatoms. The van der Waals surface area contributed by atoms with Gasteiger partial charge in [0.25, 0.3) is 0 Å². The molecule has 1 heterocycles. The van der Waals surface area contributed by atoms with E-state index < -0.39 is 44.0 Å². The molecule has 1 aliphatic heterocycles. The van der Waals surface area contributed by atoms with Crippen molar-refractivity contribution in [2.24, 2.45) is 0 Å². The van der Waals surface area contributed by atoms with Gasteiger partial charge < -0.3 is 9.64 Å². The van der Waals surface area contributed by atoms with Crippen molar-refractivity contribution in [2.45, 2.75) is 67.7 Å². The van der Waals surface area contributed by atoms with Crippen LogP contribution in [0, 0.1) is 11.6 Å². The zero-order valence-corrected chi connectivity index (χ0v) is 23.6. The molecular weight excluding hydrogens is 544 g/mol. The summed E-state index contributed by atoms with van der Waals surface area (Å²) in [6.07, 6.45) is 0.791. The third kappa shape index (κ3) is 4.82. The van der Waals surface area contributed by atoms with E-state index in [2.05, 4.69) is 0 Å². The van der Waals surface area contributed by atoms with Gasteiger partial charge in [-0.15, -0.1) is 0 Å². The molecule has 206 valence electrons. The maximum absolute atomic E-state index is 14.5. The molecule has 2 atom stereocenters. The van der Waals surface area contributed by atoms with Gasteiger partial charge in [-0.25, -0.2) is 22.0 Å². The minimum absolute atomic E-state index is 0.00463. The summed E-state index contributed by atoms with van der Waals surface area (Å²) in [5.41, 5.74) is 1.87. The predicted octanol–water partition coefficient (Wildman–Crippen LogP) is 6.83. The Hall–Kier alpha value is -2.97. The third-order valence-corrected chi connectivity index (χ3v) is 10.5. The Morgan fingerprint density at radius 1 is 1.10 bits per heavy atom. The minimum Gasteiger partial charge on any atom is -0.444 e. The predicted molar refractivity (Wildman–Crippen MR) is 146 cm³/mol. The maximum atomic E-state index is 14.5. The Morgan fingerprint density at radius 3 is 2.49 bits per heavy atom. The van der Waals surface area contributed by atoms with Crippen LogP contribution in [0.4, 0.5) is 13.6 Å². The topological polar surface area (TPSA) is 63.7 Å². The highest BCUT2D eigenvalue weighted by molar-refractivity contribution is 7.92. The number of hydrogen-bond donors (Lipinski definition) is 0. The SMILES string of the molecule is CC(C)(C)OC(=O)N1CC[C@@]2(S(=O)(=O)c3ccc(F)cc3)c3ccc(Cc4c(F)cccc4Cl)cc3CC[C@@H]12. The van der Waals surface area contributed by atoms with E-state index in [1.165, 1.54) is 23.1 Å². The van der Waals surface area contributed by atoms with Gasteiger partial charge in [-0.05, 0) is 93.1 Å². The molecule has 3 aromatic carbocycles. The van der Waals surface area contributed by atoms with Gasteiger partial charge in [0.2, 0.25) is 0 Å². The molecule has 3 aromatic rings. The van der Waals surface area contributed by atoms with Gasteiger partial charge in [0, 0.05) is 23.6 Å². The first-order valence-corrected chi connectivity index (χ1v) is 14.7. The van der Waals surface area contributed by atoms with Crippen molar-refractivity contribution in [3.63, 3.8) is 0 Å². The second-order valence-corrected chi connectivity index (χ2v) is 13.8. The summed E-state index contributed by atoms with van der Waals surface area (Å²) < 4.78 is 61.2. The summed E-state index contributed by atoms with van der Waals surface area (Å²) in [6.45, 7) is 5.50. The fourth-order valence-corrected chi connectivity index (χ4v) is 8.56.